The van der Waals surface area contributed by atoms with E-state index in [4.69, 9.17) is 5.11 Å². The first-order valence-corrected chi connectivity index (χ1v) is 6.40. The summed E-state index contributed by atoms with van der Waals surface area (Å²) in [5.74, 6) is -0.908. The second kappa shape index (κ2) is 5.18. The molecule has 18 heavy (non-hydrogen) atoms. The van der Waals surface area contributed by atoms with Gasteiger partial charge < -0.3 is 10.0 Å². The second-order valence-electron chi connectivity index (χ2n) is 4.07. The smallest absolute Gasteiger partial charge is 0.335 e. The Kier molecular flexibility index (Phi) is 3.62. The monoisotopic (exact) mass is 262 g/mol. The molecule has 1 aromatic carbocycles. The van der Waals surface area contributed by atoms with Gasteiger partial charge in [0.15, 0.2) is 0 Å². The Labute approximate surface area is 110 Å². The molecule has 94 valence electrons. The zero-order valence-corrected chi connectivity index (χ0v) is 11.1. The van der Waals surface area contributed by atoms with Crippen molar-refractivity contribution in [2.75, 3.05) is 11.9 Å². The Balaban J connectivity index is 2.15. The molecule has 0 atom stereocenters. The van der Waals surface area contributed by atoms with Gasteiger partial charge in [-0.05, 0) is 25.1 Å². The predicted octanol–water partition coefficient (Wildman–Crippen LogP) is 2.79. The molecule has 1 heterocycles. The third kappa shape index (κ3) is 2.87. The Bertz CT molecular complexity index is 566. The Morgan fingerprint density at radius 3 is 2.89 bits per heavy atom. The first kappa shape index (κ1) is 12.6. The van der Waals surface area contributed by atoms with Gasteiger partial charge in [0.25, 0.3) is 0 Å². The van der Waals surface area contributed by atoms with E-state index in [1.165, 1.54) is 0 Å². The van der Waals surface area contributed by atoms with E-state index < -0.39 is 5.97 Å². The molecule has 0 unspecified atom stereocenters. The van der Waals surface area contributed by atoms with Crippen molar-refractivity contribution in [1.82, 2.24) is 4.98 Å². The fourth-order valence-electron chi connectivity index (χ4n) is 1.69. The number of aromatic carboxylic acids is 1. The van der Waals surface area contributed by atoms with Gasteiger partial charge in [-0.3, -0.25) is 0 Å². The van der Waals surface area contributed by atoms with Crippen molar-refractivity contribution < 1.29 is 9.90 Å². The summed E-state index contributed by atoms with van der Waals surface area (Å²) in [6.45, 7) is 2.65. The fourth-order valence-corrected chi connectivity index (χ4v) is 2.30. The Morgan fingerprint density at radius 2 is 2.28 bits per heavy atom. The quantitative estimate of drug-likeness (QED) is 0.920. The van der Waals surface area contributed by atoms with Gasteiger partial charge in [0.2, 0.25) is 0 Å². The third-order valence-electron chi connectivity index (χ3n) is 2.60. The first-order chi connectivity index (χ1) is 8.56. The standard InChI is InChI=1S/C13H14N2O2S/c1-9-14-11(8-18-9)7-15(2)12-5-3-4-10(6-12)13(16)17/h3-6,8H,7H2,1-2H3,(H,16,17). The Hall–Kier alpha value is -1.88. The number of carboxylic acids is 1. The summed E-state index contributed by atoms with van der Waals surface area (Å²) in [7, 11) is 1.93. The van der Waals surface area contributed by atoms with Crippen LogP contribution in [0.2, 0.25) is 0 Å². The molecule has 0 aliphatic rings. The van der Waals surface area contributed by atoms with E-state index in [9.17, 15) is 4.79 Å². The summed E-state index contributed by atoms with van der Waals surface area (Å²) in [4.78, 5) is 17.3. The van der Waals surface area contributed by atoms with Crippen LogP contribution in [0, 0.1) is 6.92 Å². The number of aryl methyl sites for hydroxylation is 1. The van der Waals surface area contributed by atoms with Crippen molar-refractivity contribution in [3.05, 3.63) is 45.9 Å². The van der Waals surface area contributed by atoms with Crippen molar-refractivity contribution >= 4 is 23.0 Å². The summed E-state index contributed by atoms with van der Waals surface area (Å²) in [6, 6.07) is 6.90. The fraction of sp³-hybridized carbons (Fsp3) is 0.231. The van der Waals surface area contributed by atoms with Gasteiger partial charge in [-0.2, -0.15) is 0 Å². The van der Waals surface area contributed by atoms with Crippen LogP contribution in [-0.4, -0.2) is 23.1 Å². The van der Waals surface area contributed by atoms with Crippen LogP contribution in [0.3, 0.4) is 0 Å². The highest BCUT2D eigenvalue weighted by molar-refractivity contribution is 7.09. The maximum atomic E-state index is 10.9. The maximum Gasteiger partial charge on any atom is 0.335 e. The van der Waals surface area contributed by atoms with Gasteiger partial charge >= 0.3 is 5.97 Å². The van der Waals surface area contributed by atoms with Crippen LogP contribution >= 0.6 is 11.3 Å². The van der Waals surface area contributed by atoms with E-state index in [-0.39, 0.29) is 0 Å². The molecule has 0 saturated carbocycles. The molecule has 4 nitrogen and oxygen atoms in total. The molecule has 2 aromatic rings. The lowest BCUT2D eigenvalue weighted by molar-refractivity contribution is 0.0697. The summed E-state index contributed by atoms with van der Waals surface area (Å²) in [5, 5.41) is 12.0. The molecule has 0 bridgehead atoms. The minimum atomic E-state index is -0.908. The van der Waals surface area contributed by atoms with Crippen LogP contribution in [0.15, 0.2) is 29.6 Å². The first-order valence-electron chi connectivity index (χ1n) is 5.52. The second-order valence-corrected chi connectivity index (χ2v) is 5.13. The number of rotatable bonds is 4. The van der Waals surface area contributed by atoms with Crippen LogP contribution in [0.5, 0.6) is 0 Å². The van der Waals surface area contributed by atoms with Gasteiger partial charge in [0.05, 0.1) is 22.8 Å². The molecule has 0 fully saturated rings. The van der Waals surface area contributed by atoms with Gasteiger partial charge in [0.1, 0.15) is 0 Å². The maximum absolute atomic E-state index is 10.9. The number of hydrogen-bond acceptors (Lipinski definition) is 4. The molecule has 0 amide bonds. The summed E-state index contributed by atoms with van der Waals surface area (Å²) in [5.41, 5.74) is 2.18. The molecule has 1 N–H and O–H groups in total. The average molecular weight is 262 g/mol. The van der Waals surface area contributed by atoms with E-state index in [1.54, 1.807) is 29.5 Å². The molecule has 0 aliphatic heterocycles. The summed E-state index contributed by atoms with van der Waals surface area (Å²) < 4.78 is 0. The predicted molar refractivity (Wildman–Crippen MR) is 72.4 cm³/mol. The molecule has 0 radical (unpaired) electrons. The van der Waals surface area contributed by atoms with Crippen molar-refractivity contribution in [2.24, 2.45) is 0 Å². The van der Waals surface area contributed by atoms with Crippen LogP contribution in [0.1, 0.15) is 21.1 Å². The lowest BCUT2D eigenvalue weighted by Crippen LogP contribution is -2.17. The van der Waals surface area contributed by atoms with Gasteiger partial charge in [-0.15, -0.1) is 11.3 Å². The number of hydrogen-bond donors (Lipinski definition) is 1. The topological polar surface area (TPSA) is 53.4 Å². The lowest BCUT2D eigenvalue weighted by atomic mass is 10.2. The van der Waals surface area contributed by atoms with E-state index in [0.29, 0.717) is 12.1 Å². The van der Waals surface area contributed by atoms with Crippen molar-refractivity contribution in [1.29, 1.82) is 0 Å². The van der Waals surface area contributed by atoms with E-state index in [0.717, 1.165) is 16.4 Å². The SMILES string of the molecule is Cc1nc(CN(C)c2cccc(C(=O)O)c2)cs1. The number of anilines is 1. The van der Waals surface area contributed by atoms with E-state index in [2.05, 4.69) is 4.98 Å². The molecular formula is C13H14N2O2S. The van der Waals surface area contributed by atoms with Crippen LogP contribution in [-0.2, 0) is 6.54 Å². The number of benzene rings is 1. The normalized spacial score (nSPS) is 10.3. The van der Waals surface area contributed by atoms with Crippen LogP contribution in [0.4, 0.5) is 5.69 Å². The third-order valence-corrected chi connectivity index (χ3v) is 3.42. The Morgan fingerprint density at radius 1 is 1.50 bits per heavy atom. The zero-order chi connectivity index (χ0) is 13.1. The largest absolute Gasteiger partial charge is 0.478 e. The molecule has 0 spiro atoms. The highest BCUT2D eigenvalue weighted by atomic mass is 32.1. The molecular weight excluding hydrogens is 248 g/mol. The van der Waals surface area contributed by atoms with E-state index >= 15 is 0 Å². The number of aromatic nitrogens is 1. The zero-order valence-electron chi connectivity index (χ0n) is 10.3. The highest BCUT2D eigenvalue weighted by Crippen LogP contribution is 2.18. The van der Waals surface area contributed by atoms with Crippen molar-refractivity contribution in [3.63, 3.8) is 0 Å². The molecule has 0 saturated heterocycles. The summed E-state index contributed by atoms with van der Waals surface area (Å²) in [6.07, 6.45) is 0. The van der Waals surface area contributed by atoms with Crippen molar-refractivity contribution in [2.45, 2.75) is 13.5 Å². The van der Waals surface area contributed by atoms with Crippen LogP contribution < -0.4 is 4.90 Å². The molecule has 2 rings (SSSR count). The van der Waals surface area contributed by atoms with Gasteiger partial charge in [-0.1, -0.05) is 6.07 Å². The number of carbonyl (C=O) groups is 1. The minimum Gasteiger partial charge on any atom is -0.478 e. The molecule has 1 aromatic heterocycles. The molecule has 5 heteroatoms. The van der Waals surface area contributed by atoms with Crippen LogP contribution in [0.25, 0.3) is 0 Å². The number of carboxylic acid groups (broad SMARTS) is 1. The van der Waals surface area contributed by atoms with Gasteiger partial charge in [0, 0.05) is 18.1 Å². The summed E-state index contributed by atoms with van der Waals surface area (Å²) >= 11 is 1.62. The average Bonchev–Trinajstić information content (AvgIpc) is 2.75. The lowest BCUT2D eigenvalue weighted by Gasteiger charge is -2.18. The minimum absolute atomic E-state index is 0.300. The highest BCUT2D eigenvalue weighted by Gasteiger charge is 2.08. The van der Waals surface area contributed by atoms with Crippen molar-refractivity contribution in [3.8, 4) is 0 Å². The number of nitrogens with zero attached hydrogens (tertiary/aromatic N) is 2. The van der Waals surface area contributed by atoms with E-state index in [1.807, 2.05) is 30.3 Å². The van der Waals surface area contributed by atoms with Gasteiger partial charge in [-0.25, -0.2) is 9.78 Å². The number of thiazole rings is 1. The molecule has 0 aliphatic carbocycles.